The Hall–Kier alpha value is -4.20. The first-order valence-electron chi connectivity index (χ1n) is 12.7. The van der Waals surface area contributed by atoms with Gasteiger partial charge in [-0.25, -0.2) is 0 Å². The van der Waals surface area contributed by atoms with E-state index in [1.54, 1.807) is 13.8 Å². The molecule has 0 fully saturated rings. The van der Waals surface area contributed by atoms with Crippen molar-refractivity contribution in [1.29, 1.82) is 0 Å². The molecular weight excluding hydrogens is 480 g/mol. The van der Waals surface area contributed by atoms with Crippen LogP contribution in [0, 0.1) is 0 Å². The molecule has 0 saturated carbocycles. The Kier molecular flexibility index (Phi) is 9.99. The molecule has 3 rings (SSSR count). The number of benzene rings is 2. The maximum atomic E-state index is 12.5. The Morgan fingerprint density at radius 1 is 0.658 bits per heavy atom. The lowest BCUT2D eigenvalue weighted by atomic mass is 10.0. The maximum Gasteiger partial charge on any atom is 0.310 e. The van der Waals surface area contributed by atoms with Crippen molar-refractivity contribution in [2.24, 2.45) is 9.98 Å². The first-order chi connectivity index (χ1) is 18.2. The van der Waals surface area contributed by atoms with Crippen LogP contribution in [0.5, 0.6) is 0 Å². The zero-order valence-electron chi connectivity index (χ0n) is 22.9. The lowest BCUT2D eigenvalue weighted by Crippen LogP contribution is -2.11. The van der Waals surface area contributed by atoms with Crippen LogP contribution in [0.25, 0.3) is 10.6 Å². The van der Waals surface area contributed by atoms with Gasteiger partial charge >= 0.3 is 11.9 Å². The van der Waals surface area contributed by atoms with Crippen molar-refractivity contribution in [1.82, 2.24) is 0 Å². The fourth-order valence-electron chi connectivity index (χ4n) is 4.05. The fourth-order valence-corrected chi connectivity index (χ4v) is 4.05. The fraction of sp³-hybridized carbons (Fsp3) is 0.333. The highest BCUT2D eigenvalue weighted by atomic mass is 16.5. The number of allylic oxidation sites excluding steroid dienone is 2. The first-order valence-corrected chi connectivity index (χ1v) is 12.7. The van der Waals surface area contributed by atoms with Crippen LogP contribution in [0.15, 0.2) is 81.1 Å². The molecule has 2 aromatic rings. The molecule has 0 saturated heterocycles. The van der Waals surface area contributed by atoms with Gasteiger partial charge in [-0.1, -0.05) is 50.2 Å². The molecule has 0 aliphatic carbocycles. The van der Waals surface area contributed by atoms with Crippen LogP contribution >= 0.6 is 0 Å². The molecule has 8 nitrogen and oxygen atoms in total. The number of ether oxygens (including phenoxy) is 2. The summed E-state index contributed by atoms with van der Waals surface area (Å²) in [7, 11) is 0. The third kappa shape index (κ3) is 7.41. The van der Waals surface area contributed by atoms with Crippen LogP contribution in [0.4, 0.5) is 22.7 Å². The number of aliphatic imine (C=N–C) groups is 2. The molecule has 2 aromatic carbocycles. The van der Waals surface area contributed by atoms with Gasteiger partial charge in [0.1, 0.15) is 0 Å². The van der Waals surface area contributed by atoms with Crippen molar-refractivity contribution in [2.75, 3.05) is 13.2 Å². The minimum Gasteiger partial charge on any atom is -0.659 e. The summed E-state index contributed by atoms with van der Waals surface area (Å²) in [6.45, 7) is 11.5. The van der Waals surface area contributed by atoms with Crippen molar-refractivity contribution < 1.29 is 19.1 Å². The van der Waals surface area contributed by atoms with Gasteiger partial charge in [-0.2, -0.15) is 11.4 Å². The lowest BCUT2D eigenvalue weighted by Gasteiger charge is -2.31. The molecule has 0 bridgehead atoms. The highest BCUT2D eigenvalue weighted by Gasteiger charge is 2.13. The van der Waals surface area contributed by atoms with Gasteiger partial charge in [0, 0.05) is 22.8 Å². The van der Waals surface area contributed by atoms with Crippen LogP contribution in [0.1, 0.15) is 54.4 Å². The van der Waals surface area contributed by atoms with Gasteiger partial charge < -0.3 is 20.1 Å². The Labute approximate surface area is 224 Å². The number of rotatable bonds is 6. The molecule has 38 heavy (non-hydrogen) atoms. The summed E-state index contributed by atoms with van der Waals surface area (Å²) in [5.74, 6) is -0.703. The van der Waals surface area contributed by atoms with Crippen LogP contribution in [-0.4, -0.2) is 36.6 Å². The molecule has 0 spiro atoms. The Morgan fingerprint density at radius 3 is 1.39 bits per heavy atom. The molecule has 0 unspecified atom stereocenters. The van der Waals surface area contributed by atoms with Crippen LogP contribution in [0.3, 0.4) is 0 Å². The zero-order valence-corrected chi connectivity index (χ0v) is 22.9. The van der Waals surface area contributed by atoms with E-state index in [1.165, 1.54) is 0 Å². The topological polar surface area (TPSA) is 106 Å². The number of carbonyl (C=O) groups is 2. The highest BCUT2D eigenvalue weighted by Crippen LogP contribution is 2.40. The van der Waals surface area contributed by atoms with Gasteiger partial charge in [0.15, 0.2) is 0 Å². The molecule has 8 heteroatoms. The average Bonchev–Trinajstić information content (AvgIpc) is 2.87. The van der Waals surface area contributed by atoms with Gasteiger partial charge in [-0.3, -0.25) is 19.6 Å². The number of hydrogen-bond donors (Lipinski definition) is 0. The summed E-state index contributed by atoms with van der Waals surface area (Å²) in [4.78, 5) is 34.7. The van der Waals surface area contributed by atoms with Crippen molar-refractivity contribution in [3.05, 3.63) is 81.7 Å². The number of fused-ring (bicyclic) bond motifs is 2. The second kappa shape index (κ2) is 13.4. The molecule has 1 aliphatic rings. The van der Waals surface area contributed by atoms with Gasteiger partial charge in [0.05, 0.1) is 26.1 Å². The largest absolute Gasteiger partial charge is 0.659 e. The molecule has 0 amide bonds. The van der Waals surface area contributed by atoms with Crippen LogP contribution in [-0.2, 0) is 19.1 Å². The molecule has 200 valence electrons. The van der Waals surface area contributed by atoms with Gasteiger partial charge in [0.25, 0.3) is 0 Å². The van der Waals surface area contributed by atoms with E-state index in [9.17, 15) is 9.59 Å². The molecule has 0 N–H and O–H groups in total. The van der Waals surface area contributed by atoms with Crippen LogP contribution in [0.2, 0.25) is 0 Å². The van der Waals surface area contributed by atoms with Crippen molar-refractivity contribution in [3.8, 4) is 0 Å². The summed E-state index contributed by atoms with van der Waals surface area (Å²) in [5, 5.41) is 9.70. The van der Waals surface area contributed by atoms with E-state index in [-0.39, 0.29) is 38.0 Å². The molecule has 0 aromatic heterocycles. The second-order valence-electron chi connectivity index (χ2n) is 8.69. The highest BCUT2D eigenvalue weighted by molar-refractivity contribution is 6.07. The zero-order chi connectivity index (χ0) is 27.7. The summed E-state index contributed by atoms with van der Waals surface area (Å²) in [5.41, 5.74) is 6.36. The van der Waals surface area contributed by atoms with Crippen molar-refractivity contribution in [2.45, 2.75) is 54.4 Å². The lowest BCUT2D eigenvalue weighted by molar-refractivity contribution is -0.143. The number of hydrogen-bond acceptors (Lipinski definition) is 6. The monoisotopic (exact) mass is 514 g/mol. The van der Waals surface area contributed by atoms with Crippen LogP contribution < -0.4 is 0 Å². The van der Waals surface area contributed by atoms with E-state index in [2.05, 4.69) is 0 Å². The minimum absolute atomic E-state index is 0.0326. The summed E-state index contributed by atoms with van der Waals surface area (Å²) >= 11 is 0. The van der Waals surface area contributed by atoms with Crippen molar-refractivity contribution >= 4 is 46.1 Å². The summed E-state index contributed by atoms with van der Waals surface area (Å²) < 4.78 is 10.4. The predicted octanol–water partition coefficient (Wildman–Crippen LogP) is 8.05. The number of carbonyl (C=O) groups excluding carboxylic acids is 2. The third-order valence-electron chi connectivity index (χ3n) is 5.92. The molecule has 1 aliphatic heterocycles. The van der Waals surface area contributed by atoms with E-state index >= 15 is 0 Å². The SMILES string of the molecule is CCOC(=O)C/C1=C(\C)[N-]c2ccccc2N=C(C)/C(CC(=O)OCC)=C(/C)[N-]c2ccccc2N=C1C. The summed E-state index contributed by atoms with van der Waals surface area (Å²) in [6, 6.07) is 14.9. The Balaban J connectivity index is 2.25. The molecular formula is C30H34N4O4-2. The second-order valence-corrected chi connectivity index (χ2v) is 8.69. The molecule has 0 atom stereocenters. The van der Waals surface area contributed by atoms with Gasteiger partial charge in [-0.15, -0.1) is 11.4 Å². The third-order valence-corrected chi connectivity index (χ3v) is 5.92. The maximum absolute atomic E-state index is 12.5. The quantitative estimate of drug-likeness (QED) is 0.363. The Bertz CT molecular complexity index is 1220. The standard InChI is InChI=1S/C30H34N4O4/c1-7-37-29(35)17-23-19(3)31-25-13-9-11-15-27(25)33-21(5)24(18-30(36)38-8-2)22(6)34-28-16-12-10-14-26(28)32-20(23)4/h9-16H,7-8,17-18H2,1-6H3/q-2. The first kappa shape index (κ1) is 28.4. The van der Waals surface area contributed by atoms with Gasteiger partial charge in [-0.05, 0) is 51.0 Å². The minimum atomic E-state index is -0.352. The van der Waals surface area contributed by atoms with E-state index < -0.39 is 0 Å². The normalized spacial score (nSPS) is 17.9. The number of nitrogens with zero attached hydrogens (tertiary/aromatic N) is 4. The predicted molar refractivity (Wildman–Crippen MR) is 152 cm³/mol. The van der Waals surface area contributed by atoms with Gasteiger partial charge in [0.2, 0.25) is 0 Å². The summed E-state index contributed by atoms with van der Waals surface area (Å²) in [6.07, 6.45) is 0.0653. The van der Waals surface area contributed by atoms with Crippen molar-refractivity contribution in [3.63, 3.8) is 0 Å². The molecule has 0 radical (unpaired) electrons. The average molecular weight is 515 g/mol. The van der Waals surface area contributed by atoms with E-state index in [0.29, 0.717) is 56.7 Å². The van der Waals surface area contributed by atoms with E-state index in [1.807, 2.05) is 76.2 Å². The number of para-hydroxylation sites is 4. The smallest absolute Gasteiger partial charge is 0.310 e. The Morgan fingerprint density at radius 2 is 1.03 bits per heavy atom. The number of esters is 2. The van der Waals surface area contributed by atoms with E-state index in [0.717, 1.165) is 0 Å². The molecule has 1 heterocycles. The van der Waals surface area contributed by atoms with E-state index in [4.69, 9.17) is 30.1 Å².